The Morgan fingerprint density at radius 3 is 2.36 bits per heavy atom. The van der Waals surface area contributed by atoms with Gasteiger partial charge in [0.15, 0.2) is 6.29 Å². The van der Waals surface area contributed by atoms with Gasteiger partial charge in [0.1, 0.15) is 5.82 Å². The van der Waals surface area contributed by atoms with Gasteiger partial charge >= 0.3 is 0 Å². The van der Waals surface area contributed by atoms with Crippen LogP contribution in [0, 0.1) is 30.5 Å². The first-order valence-corrected chi connectivity index (χ1v) is 10.1. The quantitative estimate of drug-likeness (QED) is 0.794. The van der Waals surface area contributed by atoms with Gasteiger partial charge in [-0.1, -0.05) is 31.0 Å². The zero-order valence-corrected chi connectivity index (χ0v) is 15.7. The van der Waals surface area contributed by atoms with E-state index in [1.54, 1.807) is 13.0 Å². The molecule has 2 nitrogen and oxygen atoms in total. The molecule has 1 saturated heterocycles. The van der Waals surface area contributed by atoms with Gasteiger partial charge in [-0.2, -0.15) is 0 Å². The van der Waals surface area contributed by atoms with Gasteiger partial charge in [0.2, 0.25) is 0 Å². The third kappa shape index (κ3) is 3.61. The molecule has 2 fully saturated rings. The van der Waals surface area contributed by atoms with Gasteiger partial charge in [-0.15, -0.1) is 0 Å². The lowest BCUT2D eigenvalue weighted by atomic mass is 9.76. The lowest BCUT2D eigenvalue weighted by Crippen LogP contribution is -2.34. The molecular weight excluding hydrogens is 295 g/mol. The Bertz CT molecular complexity index is 492. The summed E-state index contributed by atoms with van der Waals surface area (Å²) in [5.74, 6) is 2.06. The Morgan fingerprint density at radius 2 is 1.77 bits per heavy atom. The molecule has 1 aromatic carbocycles. The van der Waals surface area contributed by atoms with E-state index in [4.69, 9.17) is 9.47 Å². The molecule has 0 bridgehead atoms. The Kier molecular flexibility index (Phi) is 5.32. The van der Waals surface area contributed by atoms with Gasteiger partial charge in [0.05, 0.1) is 13.2 Å². The molecule has 22 heavy (non-hydrogen) atoms. The highest BCUT2D eigenvalue weighted by atomic mass is 28.1. The first-order valence-electron chi connectivity index (χ1n) is 8.66. The fraction of sp³-hybridized carbons (Fsp3) is 0.667. The lowest BCUT2D eigenvalue weighted by molar-refractivity contribution is -0.214. The minimum Gasteiger partial charge on any atom is -0.348 e. The largest absolute Gasteiger partial charge is 0.348 e. The van der Waals surface area contributed by atoms with Crippen molar-refractivity contribution in [3.63, 3.8) is 0 Å². The second-order valence-corrected chi connectivity index (χ2v) is 7.77. The number of halogens is 1. The molecule has 0 amide bonds. The maximum Gasteiger partial charge on any atom is 0.183 e. The van der Waals surface area contributed by atoms with E-state index in [-0.39, 0.29) is 5.82 Å². The molecule has 122 valence electrons. The van der Waals surface area contributed by atoms with Crippen LogP contribution >= 0.6 is 0 Å². The van der Waals surface area contributed by atoms with Crippen LogP contribution in [0.1, 0.15) is 43.1 Å². The van der Waals surface area contributed by atoms with E-state index >= 15 is 0 Å². The van der Waals surface area contributed by atoms with E-state index in [1.165, 1.54) is 48.0 Å². The van der Waals surface area contributed by atoms with Crippen molar-refractivity contribution in [2.45, 2.75) is 44.9 Å². The van der Waals surface area contributed by atoms with Crippen molar-refractivity contribution in [3.8, 4) is 0 Å². The zero-order chi connectivity index (χ0) is 15.5. The predicted octanol–water partition coefficient (Wildman–Crippen LogP) is 3.39. The van der Waals surface area contributed by atoms with Crippen LogP contribution in [-0.4, -0.2) is 23.5 Å². The molecule has 0 atom stereocenters. The molecule has 2 aliphatic rings. The summed E-state index contributed by atoms with van der Waals surface area (Å²) in [4.78, 5) is 0. The van der Waals surface area contributed by atoms with E-state index in [1.807, 2.05) is 6.07 Å². The molecule has 0 unspecified atom stereocenters. The minimum atomic E-state index is -0.399. The summed E-state index contributed by atoms with van der Waals surface area (Å²) < 4.78 is 25.5. The van der Waals surface area contributed by atoms with Gasteiger partial charge in [-0.25, -0.2) is 4.39 Å². The summed E-state index contributed by atoms with van der Waals surface area (Å²) in [5.41, 5.74) is 1.45. The molecule has 1 aliphatic heterocycles. The van der Waals surface area contributed by atoms with Crippen molar-refractivity contribution < 1.29 is 13.9 Å². The summed E-state index contributed by atoms with van der Waals surface area (Å²) in [7, 11) is 1.33. The van der Waals surface area contributed by atoms with E-state index in [9.17, 15) is 4.39 Å². The second kappa shape index (κ2) is 7.24. The first kappa shape index (κ1) is 16.2. The lowest BCUT2D eigenvalue weighted by Gasteiger charge is -2.37. The van der Waals surface area contributed by atoms with Crippen LogP contribution in [0.5, 0.6) is 0 Å². The third-order valence-corrected chi connectivity index (χ3v) is 6.68. The minimum absolute atomic E-state index is 0.187. The Labute approximate surface area is 135 Å². The van der Waals surface area contributed by atoms with Gasteiger partial charge < -0.3 is 9.47 Å². The third-order valence-electron chi connectivity index (χ3n) is 5.53. The van der Waals surface area contributed by atoms with Crippen molar-refractivity contribution in [1.29, 1.82) is 0 Å². The SMILES string of the molecule is Cc1ccc(C2OCC(C3CCC(C[SiH3])CC3)CO2)cc1F. The molecule has 1 saturated carbocycles. The normalized spacial score (nSPS) is 33.0. The summed E-state index contributed by atoms with van der Waals surface area (Å²) >= 11 is 0. The summed E-state index contributed by atoms with van der Waals surface area (Å²) in [6, 6.07) is 6.68. The Balaban J connectivity index is 1.53. The topological polar surface area (TPSA) is 18.5 Å². The van der Waals surface area contributed by atoms with Gasteiger partial charge in [-0.05, 0) is 43.2 Å². The number of ether oxygens (including phenoxy) is 2. The number of hydrogen-bond donors (Lipinski definition) is 0. The van der Waals surface area contributed by atoms with Crippen LogP contribution < -0.4 is 0 Å². The molecule has 0 radical (unpaired) electrons. The molecule has 1 aliphatic carbocycles. The number of benzene rings is 1. The first-order chi connectivity index (χ1) is 10.7. The van der Waals surface area contributed by atoms with Crippen molar-refractivity contribution in [3.05, 3.63) is 35.1 Å². The molecule has 1 aromatic rings. The maximum absolute atomic E-state index is 13.7. The number of rotatable bonds is 3. The summed E-state index contributed by atoms with van der Waals surface area (Å²) in [6.07, 6.45) is 5.03. The molecule has 3 rings (SSSR count). The van der Waals surface area contributed by atoms with E-state index in [2.05, 4.69) is 0 Å². The Morgan fingerprint density at radius 1 is 1.09 bits per heavy atom. The Hall–Kier alpha value is -0.713. The van der Waals surface area contributed by atoms with Gasteiger partial charge in [0, 0.05) is 21.7 Å². The van der Waals surface area contributed by atoms with Crippen LogP contribution in [0.25, 0.3) is 0 Å². The fourth-order valence-corrected chi connectivity index (χ4v) is 4.62. The second-order valence-electron chi connectivity index (χ2n) is 6.96. The van der Waals surface area contributed by atoms with Crippen molar-refractivity contribution in [2.24, 2.45) is 17.8 Å². The highest BCUT2D eigenvalue weighted by molar-refractivity contribution is 6.08. The van der Waals surface area contributed by atoms with Gasteiger partial charge in [0.25, 0.3) is 0 Å². The molecule has 0 spiro atoms. The van der Waals surface area contributed by atoms with E-state index in [0.29, 0.717) is 11.5 Å². The molecule has 4 heteroatoms. The van der Waals surface area contributed by atoms with Crippen LogP contribution in [0.4, 0.5) is 4.39 Å². The van der Waals surface area contributed by atoms with Crippen LogP contribution in [0.3, 0.4) is 0 Å². The average molecular weight is 322 g/mol. The summed E-state index contributed by atoms with van der Waals surface area (Å²) in [6.45, 7) is 3.26. The van der Waals surface area contributed by atoms with Gasteiger partial charge in [-0.3, -0.25) is 0 Å². The zero-order valence-electron chi connectivity index (χ0n) is 13.7. The van der Waals surface area contributed by atoms with E-state index in [0.717, 1.165) is 30.6 Å². The molecule has 1 heterocycles. The molecule has 0 N–H and O–H groups in total. The summed E-state index contributed by atoms with van der Waals surface area (Å²) in [5, 5.41) is 0. The number of aryl methyl sites for hydroxylation is 1. The average Bonchev–Trinajstić information content (AvgIpc) is 2.58. The van der Waals surface area contributed by atoms with Crippen molar-refractivity contribution >= 4 is 10.2 Å². The van der Waals surface area contributed by atoms with Crippen molar-refractivity contribution in [1.82, 2.24) is 0 Å². The van der Waals surface area contributed by atoms with Crippen molar-refractivity contribution in [2.75, 3.05) is 13.2 Å². The standard InChI is InChI=1S/C18H27FO2Si/c1-12-2-5-15(8-17(12)19)18-20-9-16(10-21-18)14-6-3-13(11-22)4-7-14/h2,5,8,13-14,16,18H,3-4,6-7,9-11H2,1,22H3. The van der Waals surface area contributed by atoms with Crippen LogP contribution in [0.15, 0.2) is 18.2 Å². The smallest absolute Gasteiger partial charge is 0.183 e. The predicted molar refractivity (Wildman–Crippen MR) is 89.5 cm³/mol. The monoisotopic (exact) mass is 322 g/mol. The van der Waals surface area contributed by atoms with Crippen LogP contribution in [-0.2, 0) is 9.47 Å². The number of hydrogen-bond acceptors (Lipinski definition) is 2. The van der Waals surface area contributed by atoms with E-state index < -0.39 is 6.29 Å². The fourth-order valence-electron chi connectivity index (χ4n) is 3.81. The maximum atomic E-state index is 13.7. The van der Waals surface area contributed by atoms with Crippen LogP contribution in [0.2, 0.25) is 6.04 Å². The highest BCUT2D eigenvalue weighted by Gasteiger charge is 2.32. The highest BCUT2D eigenvalue weighted by Crippen LogP contribution is 2.38. The molecular formula is C18H27FO2Si. The molecule has 0 aromatic heterocycles.